The highest BCUT2D eigenvalue weighted by atomic mass is 19.1. The Morgan fingerprint density at radius 2 is 2.00 bits per heavy atom. The van der Waals surface area contributed by atoms with Crippen molar-refractivity contribution >= 4 is 11.6 Å². The van der Waals surface area contributed by atoms with Gasteiger partial charge >= 0.3 is 0 Å². The van der Waals surface area contributed by atoms with Gasteiger partial charge in [0.25, 0.3) is 5.91 Å². The summed E-state index contributed by atoms with van der Waals surface area (Å²) in [7, 11) is 0. The number of amides is 1. The van der Waals surface area contributed by atoms with Gasteiger partial charge < -0.3 is 20.3 Å². The van der Waals surface area contributed by atoms with E-state index in [9.17, 15) is 23.8 Å². The number of anilines is 1. The smallest absolute Gasteiger partial charge is 0.262 e. The fraction of sp³-hybridized carbons (Fsp3) is 0.381. The van der Waals surface area contributed by atoms with Crippen LogP contribution in [0.4, 0.5) is 14.5 Å². The van der Waals surface area contributed by atoms with E-state index >= 15 is 0 Å². The Morgan fingerprint density at radius 3 is 2.71 bits per heavy atom. The van der Waals surface area contributed by atoms with E-state index in [1.165, 1.54) is 24.3 Å². The first-order valence-electron chi connectivity index (χ1n) is 9.06. The molecule has 2 aromatic carbocycles. The number of rotatable bonds is 6. The number of phenols is 1. The molecule has 3 N–H and O–H groups in total. The molecular formula is C21H23F2NO4. The predicted molar refractivity (Wildman–Crippen MR) is 100 cm³/mol. The van der Waals surface area contributed by atoms with E-state index in [2.05, 4.69) is 5.32 Å². The number of phenolic OH excluding ortho intramolecular Hbond substituents is 1. The first kappa shape index (κ1) is 20.1. The number of carbonyl (C=O) groups excluding carboxylic acids is 1. The molecule has 1 aliphatic heterocycles. The molecule has 3 rings (SSSR count). The largest absolute Gasteiger partial charge is 0.508 e. The summed E-state index contributed by atoms with van der Waals surface area (Å²) >= 11 is 0. The zero-order valence-electron chi connectivity index (χ0n) is 15.8. The molecule has 0 aliphatic carbocycles. The Bertz CT molecular complexity index is 898. The molecule has 1 aliphatic rings. The minimum Gasteiger partial charge on any atom is -0.508 e. The van der Waals surface area contributed by atoms with Crippen LogP contribution >= 0.6 is 0 Å². The summed E-state index contributed by atoms with van der Waals surface area (Å²) in [5.41, 5.74) is 0.768. The van der Waals surface area contributed by atoms with Gasteiger partial charge in [-0.1, -0.05) is 19.9 Å². The summed E-state index contributed by atoms with van der Waals surface area (Å²) in [5.74, 6) is -1.28. The lowest BCUT2D eigenvalue weighted by molar-refractivity contribution is -0.118. The van der Waals surface area contributed by atoms with E-state index in [0.29, 0.717) is 41.8 Å². The second-order valence-electron chi connectivity index (χ2n) is 7.88. The Labute approximate surface area is 162 Å². The molecule has 0 bridgehead atoms. The third-order valence-electron chi connectivity index (χ3n) is 4.86. The van der Waals surface area contributed by atoms with E-state index in [4.69, 9.17) is 4.74 Å². The van der Waals surface area contributed by atoms with Crippen LogP contribution in [-0.2, 0) is 11.2 Å². The molecule has 0 radical (unpaired) electrons. The van der Waals surface area contributed by atoms with Crippen LogP contribution in [0.5, 0.6) is 11.5 Å². The molecule has 28 heavy (non-hydrogen) atoms. The number of ether oxygens (including phenoxy) is 1. The standard InChI is InChI=1S/C21H23F2NO4/c1-21(2,10-12-3-4-13(22)7-16(12)23)6-5-18(26)15-8-14(25)9-17-20(15)28-11-19(27)24-17/h3-4,7-9,18,25-26H,5-6,10-11H2,1-2H3,(H,24,27). The molecule has 1 heterocycles. The second kappa shape index (κ2) is 7.75. The molecular weight excluding hydrogens is 368 g/mol. The number of aromatic hydroxyl groups is 1. The van der Waals surface area contributed by atoms with Crippen molar-refractivity contribution in [2.24, 2.45) is 5.41 Å². The molecule has 1 unspecified atom stereocenters. The Kier molecular flexibility index (Phi) is 5.56. The zero-order chi connectivity index (χ0) is 20.5. The van der Waals surface area contributed by atoms with Gasteiger partial charge in [0, 0.05) is 17.7 Å². The van der Waals surface area contributed by atoms with E-state index in [0.717, 1.165) is 6.07 Å². The average molecular weight is 391 g/mol. The number of aliphatic hydroxyl groups excluding tert-OH is 1. The van der Waals surface area contributed by atoms with E-state index < -0.39 is 17.7 Å². The van der Waals surface area contributed by atoms with Crippen LogP contribution in [0, 0.1) is 17.0 Å². The van der Waals surface area contributed by atoms with Crippen LogP contribution < -0.4 is 10.1 Å². The zero-order valence-corrected chi connectivity index (χ0v) is 15.8. The molecule has 1 atom stereocenters. The number of benzene rings is 2. The first-order chi connectivity index (χ1) is 13.1. The van der Waals surface area contributed by atoms with Crippen LogP contribution in [0.1, 0.15) is 43.9 Å². The topological polar surface area (TPSA) is 78.8 Å². The van der Waals surface area contributed by atoms with Crippen LogP contribution in [0.2, 0.25) is 0 Å². The SMILES string of the molecule is CC(C)(CCC(O)c1cc(O)cc2c1OCC(=O)N2)Cc1ccc(F)cc1F. The van der Waals surface area contributed by atoms with Gasteiger partial charge in [0.15, 0.2) is 6.61 Å². The van der Waals surface area contributed by atoms with Crippen molar-refractivity contribution in [3.8, 4) is 11.5 Å². The Hall–Kier alpha value is -2.67. The van der Waals surface area contributed by atoms with Gasteiger partial charge in [-0.2, -0.15) is 0 Å². The van der Waals surface area contributed by atoms with Crippen molar-refractivity contribution < 1.29 is 28.5 Å². The fourth-order valence-corrected chi connectivity index (χ4v) is 3.41. The lowest BCUT2D eigenvalue weighted by Crippen LogP contribution is -2.26. The summed E-state index contributed by atoms with van der Waals surface area (Å²) in [6.45, 7) is 3.72. The van der Waals surface area contributed by atoms with Crippen LogP contribution in [-0.4, -0.2) is 22.7 Å². The van der Waals surface area contributed by atoms with Gasteiger partial charge in [-0.15, -0.1) is 0 Å². The quantitative estimate of drug-likeness (QED) is 0.693. The third-order valence-corrected chi connectivity index (χ3v) is 4.86. The maximum Gasteiger partial charge on any atom is 0.262 e. The van der Waals surface area contributed by atoms with Crippen molar-refractivity contribution in [3.63, 3.8) is 0 Å². The number of nitrogens with one attached hydrogen (secondary N) is 1. The lowest BCUT2D eigenvalue weighted by Gasteiger charge is -2.28. The van der Waals surface area contributed by atoms with Gasteiger partial charge in [-0.3, -0.25) is 4.79 Å². The van der Waals surface area contributed by atoms with Gasteiger partial charge in [-0.05, 0) is 42.4 Å². The lowest BCUT2D eigenvalue weighted by atomic mass is 9.80. The number of halogens is 2. The molecule has 0 saturated heterocycles. The number of hydrogen-bond acceptors (Lipinski definition) is 4. The Morgan fingerprint density at radius 1 is 1.25 bits per heavy atom. The van der Waals surface area contributed by atoms with Crippen LogP contribution in [0.25, 0.3) is 0 Å². The molecule has 1 amide bonds. The van der Waals surface area contributed by atoms with Crippen molar-refractivity contribution in [2.45, 2.75) is 39.2 Å². The highest BCUT2D eigenvalue weighted by Gasteiger charge is 2.27. The molecule has 2 aromatic rings. The minimum absolute atomic E-state index is 0.0914. The van der Waals surface area contributed by atoms with E-state index in [-0.39, 0.29) is 23.7 Å². The van der Waals surface area contributed by atoms with Gasteiger partial charge in [0.05, 0.1) is 11.8 Å². The number of hydrogen-bond donors (Lipinski definition) is 3. The maximum absolute atomic E-state index is 13.9. The molecule has 0 saturated carbocycles. The minimum atomic E-state index is -0.937. The summed E-state index contributed by atoms with van der Waals surface area (Å²) in [6.07, 6.45) is 0.328. The van der Waals surface area contributed by atoms with Crippen LogP contribution in [0.15, 0.2) is 30.3 Å². The highest BCUT2D eigenvalue weighted by Crippen LogP contribution is 2.41. The van der Waals surface area contributed by atoms with E-state index in [1.807, 2.05) is 13.8 Å². The van der Waals surface area contributed by atoms with Crippen LogP contribution in [0.3, 0.4) is 0 Å². The monoisotopic (exact) mass is 391 g/mol. The molecule has 0 aromatic heterocycles. The number of carbonyl (C=O) groups is 1. The second-order valence-corrected chi connectivity index (χ2v) is 7.88. The van der Waals surface area contributed by atoms with Crippen molar-refractivity contribution in [1.29, 1.82) is 0 Å². The maximum atomic E-state index is 13.9. The normalized spacial score (nSPS) is 14.8. The Balaban J connectivity index is 1.71. The molecule has 5 nitrogen and oxygen atoms in total. The van der Waals surface area contributed by atoms with E-state index in [1.54, 1.807) is 0 Å². The number of fused-ring (bicyclic) bond motifs is 1. The summed E-state index contributed by atoms with van der Waals surface area (Å²) in [4.78, 5) is 11.5. The summed E-state index contributed by atoms with van der Waals surface area (Å²) in [6, 6.07) is 6.31. The average Bonchev–Trinajstić information content (AvgIpc) is 2.61. The molecule has 0 spiro atoms. The summed E-state index contributed by atoms with van der Waals surface area (Å²) < 4.78 is 32.5. The predicted octanol–water partition coefficient (Wildman–Crippen LogP) is 4.08. The van der Waals surface area contributed by atoms with Gasteiger partial charge in [-0.25, -0.2) is 8.78 Å². The van der Waals surface area contributed by atoms with Crippen molar-refractivity contribution in [1.82, 2.24) is 0 Å². The van der Waals surface area contributed by atoms with Crippen molar-refractivity contribution in [2.75, 3.05) is 11.9 Å². The fourth-order valence-electron chi connectivity index (χ4n) is 3.41. The first-order valence-corrected chi connectivity index (χ1v) is 9.06. The molecule has 7 heteroatoms. The summed E-state index contributed by atoms with van der Waals surface area (Å²) in [5, 5.41) is 23.2. The van der Waals surface area contributed by atoms with Gasteiger partial charge in [0.2, 0.25) is 0 Å². The third kappa shape index (κ3) is 4.59. The highest BCUT2D eigenvalue weighted by molar-refractivity contribution is 5.96. The van der Waals surface area contributed by atoms with Crippen molar-refractivity contribution in [3.05, 3.63) is 53.1 Å². The molecule has 150 valence electrons. The van der Waals surface area contributed by atoms with Gasteiger partial charge in [0.1, 0.15) is 23.1 Å². The molecule has 0 fully saturated rings. The number of aliphatic hydroxyl groups is 1.